The Hall–Kier alpha value is -1.11. The summed E-state index contributed by atoms with van der Waals surface area (Å²) in [6, 6.07) is 7.73. The number of nitrogens with one attached hydrogen (secondary N) is 1. The molecule has 2 aromatic rings. The molecule has 1 amide bonds. The number of nitriles is 1. The molecule has 0 radical (unpaired) electrons. The van der Waals surface area contributed by atoms with Gasteiger partial charge in [0.2, 0.25) is 0 Å². The number of amides is 1. The number of carbonyl (C=O) groups is 1. The van der Waals surface area contributed by atoms with Crippen molar-refractivity contribution in [3.63, 3.8) is 0 Å². The smallest absolute Gasteiger partial charge is 0.258 e. The molecular formula is C14H12IN3OS2. The van der Waals surface area contributed by atoms with Gasteiger partial charge in [0.1, 0.15) is 0 Å². The van der Waals surface area contributed by atoms with Crippen LogP contribution in [-0.4, -0.2) is 16.6 Å². The van der Waals surface area contributed by atoms with Crippen molar-refractivity contribution in [3.05, 3.63) is 38.6 Å². The summed E-state index contributed by atoms with van der Waals surface area (Å²) < 4.78 is 1.91. The third-order valence-corrected chi connectivity index (χ3v) is 6.41. The SMILES string of the molecule is Cc1cccc(C(=O)Nc2nc(C)c(SCC#N)s2)c1I. The molecular weight excluding hydrogens is 417 g/mol. The van der Waals surface area contributed by atoms with Gasteiger partial charge in [-0.3, -0.25) is 10.1 Å². The number of thiazole rings is 1. The Kier molecular flexibility index (Phi) is 5.61. The van der Waals surface area contributed by atoms with Gasteiger partial charge >= 0.3 is 0 Å². The minimum atomic E-state index is -0.159. The number of aromatic nitrogens is 1. The molecule has 1 aromatic heterocycles. The fourth-order valence-corrected chi connectivity index (χ4v) is 4.05. The van der Waals surface area contributed by atoms with Crippen LogP contribution in [0.15, 0.2) is 22.4 Å². The first-order valence-corrected chi connectivity index (χ1v) is 8.94. The number of carbonyl (C=O) groups excluding carboxylic acids is 1. The molecule has 7 heteroatoms. The summed E-state index contributed by atoms with van der Waals surface area (Å²) in [6.45, 7) is 3.85. The number of hydrogen-bond acceptors (Lipinski definition) is 5. The third kappa shape index (κ3) is 3.96. The fraction of sp³-hybridized carbons (Fsp3) is 0.214. The normalized spacial score (nSPS) is 10.2. The number of halogens is 1. The van der Waals surface area contributed by atoms with Gasteiger partial charge < -0.3 is 0 Å². The average molecular weight is 429 g/mol. The maximum absolute atomic E-state index is 12.3. The van der Waals surface area contributed by atoms with Crippen molar-refractivity contribution in [2.24, 2.45) is 0 Å². The van der Waals surface area contributed by atoms with Crippen molar-refractivity contribution in [3.8, 4) is 6.07 Å². The monoisotopic (exact) mass is 429 g/mol. The van der Waals surface area contributed by atoms with E-state index in [0.717, 1.165) is 19.0 Å². The molecule has 0 bridgehead atoms. The van der Waals surface area contributed by atoms with Crippen molar-refractivity contribution in [2.75, 3.05) is 11.1 Å². The Bertz CT molecular complexity index is 721. The predicted octanol–water partition coefficient (Wildman–Crippen LogP) is 4.23. The van der Waals surface area contributed by atoms with E-state index in [-0.39, 0.29) is 5.91 Å². The van der Waals surface area contributed by atoms with E-state index >= 15 is 0 Å². The van der Waals surface area contributed by atoms with Crippen LogP contribution < -0.4 is 5.32 Å². The first-order chi connectivity index (χ1) is 10.0. The molecule has 0 aliphatic heterocycles. The van der Waals surface area contributed by atoms with Gasteiger partial charge in [-0.2, -0.15) is 5.26 Å². The summed E-state index contributed by atoms with van der Waals surface area (Å²) in [6.07, 6.45) is 0. The molecule has 108 valence electrons. The standard InChI is InChI=1S/C14H12IN3OS2/c1-8-4-3-5-10(11(8)15)12(19)18-14-17-9(2)13(21-14)20-7-6-16/h3-5H,7H2,1-2H3,(H,17,18,19). The first-order valence-electron chi connectivity index (χ1n) is 6.06. The van der Waals surface area contributed by atoms with Crippen LogP contribution in [0.5, 0.6) is 0 Å². The van der Waals surface area contributed by atoms with Gasteiger partial charge in [-0.25, -0.2) is 4.98 Å². The predicted molar refractivity (Wildman–Crippen MR) is 95.0 cm³/mol. The van der Waals surface area contributed by atoms with Gasteiger partial charge in [0.15, 0.2) is 5.13 Å². The highest BCUT2D eigenvalue weighted by atomic mass is 127. The van der Waals surface area contributed by atoms with E-state index in [4.69, 9.17) is 5.26 Å². The minimum Gasteiger partial charge on any atom is -0.298 e. The summed E-state index contributed by atoms with van der Waals surface area (Å²) in [5.74, 6) is 0.223. The Balaban J connectivity index is 2.17. The van der Waals surface area contributed by atoms with Crippen LogP contribution in [0.1, 0.15) is 21.6 Å². The lowest BCUT2D eigenvalue weighted by Gasteiger charge is -2.06. The molecule has 21 heavy (non-hydrogen) atoms. The summed E-state index contributed by atoms with van der Waals surface area (Å²) in [4.78, 5) is 16.6. The largest absolute Gasteiger partial charge is 0.298 e. The molecule has 0 spiro atoms. The van der Waals surface area contributed by atoms with Crippen LogP contribution in [0.3, 0.4) is 0 Å². The average Bonchev–Trinajstić information content (AvgIpc) is 2.79. The van der Waals surface area contributed by atoms with Crippen molar-refractivity contribution in [1.29, 1.82) is 5.26 Å². The first kappa shape index (κ1) is 16.3. The number of thioether (sulfide) groups is 1. The van der Waals surface area contributed by atoms with Gasteiger partial charge in [0, 0.05) is 3.57 Å². The highest BCUT2D eigenvalue weighted by Gasteiger charge is 2.15. The van der Waals surface area contributed by atoms with Crippen LogP contribution in [0.2, 0.25) is 0 Å². The highest BCUT2D eigenvalue weighted by Crippen LogP contribution is 2.32. The van der Waals surface area contributed by atoms with Gasteiger partial charge in [-0.15, -0.1) is 0 Å². The van der Waals surface area contributed by atoms with E-state index in [1.54, 1.807) is 6.07 Å². The molecule has 0 saturated heterocycles. The second-order valence-electron chi connectivity index (χ2n) is 4.23. The Labute approximate surface area is 145 Å². The van der Waals surface area contributed by atoms with E-state index in [1.807, 2.05) is 26.0 Å². The van der Waals surface area contributed by atoms with E-state index in [9.17, 15) is 4.79 Å². The molecule has 1 N–H and O–H groups in total. The minimum absolute atomic E-state index is 0.159. The van der Waals surface area contributed by atoms with E-state index in [0.29, 0.717) is 16.4 Å². The molecule has 0 aliphatic carbocycles. The third-order valence-electron chi connectivity index (χ3n) is 2.68. The summed E-state index contributed by atoms with van der Waals surface area (Å²) in [5.41, 5.74) is 2.56. The van der Waals surface area contributed by atoms with Gasteiger partial charge in [-0.1, -0.05) is 35.2 Å². The Morgan fingerprint density at radius 1 is 1.52 bits per heavy atom. The zero-order chi connectivity index (χ0) is 15.4. The van der Waals surface area contributed by atoms with Crippen molar-refractivity contribution in [2.45, 2.75) is 18.1 Å². The van der Waals surface area contributed by atoms with E-state index in [2.05, 4.69) is 39.0 Å². The van der Waals surface area contributed by atoms with Crippen molar-refractivity contribution in [1.82, 2.24) is 4.98 Å². The van der Waals surface area contributed by atoms with Crippen LogP contribution >= 0.6 is 45.7 Å². The molecule has 1 heterocycles. The lowest BCUT2D eigenvalue weighted by atomic mass is 10.1. The molecule has 2 rings (SSSR count). The van der Waals surface area contributed by atoms with Gasteiger partial charge in [0.05, 0.1) is 27.3 Å². The summed E-state index contributed by atoms with van der Waals surface area (Å²) in [7, 11) is 0. The number of nitrogens with zero attached hydrogens (tertiary/aromatic N) is 2. The molecule has 1 aromatic carbocycles. The van der Waals surface area contributed by atoms with E-state index in [1.165, 1.54) is 23.1 Å². The van der Waals surface area contributed by atoms with Crippen molar-refractivity contribution >= 4 is 56.7 Å². The molecule has 0 unspecified atom stereocenters. The zero-order valence-electron chi connectivity index (χ0n) is 11.4. The van der Waals surface area contributed by atoms with Crippen LogP contribution in [0.4, 0.5) is 5.13 Å². The fourth-order valence-electron chi connectivity index (χ4n) is 1.65. The number of anilines is 1. The highest BCUT2D eigenvalue weighted by molar-refractivity contribution is 14.1. The summed E-state index contributed by atoms with van der Waals surface area (Å²) in [5, 5.41) is 12.0. The lowest BCUT2D eigenvalue weighted by molar-refractivity contribution is 0.102. The summed E-state index contributed by atoms with van der Waals surface area (Å²) >= 11 is 5.01. The van der Waals surface area contributed by atoms with Crippen molar-refractivity contribution < 1.29 is 4.79 Å². The van der Waals surface area contributed by atoms with Crippen LogP contribution in [0, 0.1) is 28.7 Å². The number of rotatable bonds is 4. The Morgan fingerprint density at radius 3 is 3.00 bits per heavy atom. The Morgan fingerprint density at radius 2 is 2.29 bits per heavy atom. The van der Waals surface area contributed by atoms with Gasteiger partial charge in [-0.05, 0) is 48.1 Å². The van der Waals surface area contributed by atoms with Crippen LogP contribution in [-0.2, 0) is 0 Å². The molecule has 0 atom stereocenters. The lowest BCUT2D eigenvalue weighted by Crippen LogP contribution is -2.13. The quantitative estimate of drug-likeness (QED) is 0.584. The number of aryl methyl sites for hydroxylation is 2. The van der Waals surface area contributed by atoms with Crippen LogP contribution in [0.25, 0.3) is 0 Å². The maximum Gasteiger partial charge on any atom is 0.258 e. The van der Waals surface area contributed by atoms with E-state index < -0.39 is 0 Å². The van der Waals surface area contributed by atoms with Gasteiger partial charge in [0.25, 0.3) is 5.91 Å². The molecule has 0 fully saturated rings. The second-order valence-corrected chi connectivity index (χ2v) is 7.55. The number of hydrogen-bond donors (Lipinski definition) is 1. The molecule has 0 saturated carbocycles. The second kappa shape index (κ2) is 7.24. The molecule has 0 aliphatic rings. The number of benzene rings is 1. The topological polar surface area (TPSA) is 65.8 Å². The maximum atomic E-state index is 12.3. The zero-order valence-corrected chi connectivity index (χ0v) is 15.2. The molecule has 4 nitrogen and oxygen atoms in total.